The summed E-state index contributed by atoms with van der Waals surface area (Å²) in [5.74, 6) is -2.51. The number of amides is 2. The van der Waals surface area contributed by atoms with Gasteiger partial charge in [0.05, 0.1) is 7.11 Å². The van der Waals surface area contributed by atoms with Crippen LogP contribution in [0.15, 0.2) is 42.1 Å². The highest BCUT2D eigenvalue weighted by Crippen LogP contribution is 2.50. The van der Waals surface area contributed by atoms with E-state index in [0.717, 1.165) is 0 Å². The molecule has 2 fully saturated rings. The zero-order valence-corrected chi connectivity index (χ0v) is 18.4. The second kappa shape index (κ2) is 8.62. The van der Waals surface area contributed by atoms with Gasteiger partial charge in [0, 0.05) is 16.5 Å². The van der Waals surface area contributed by atoms with Crippen molar-refractivity contribution in [3.8, 4) is 0 Å². The van der Waals surface area contributed by atoms with Crippen molar-refractivity contribution < 1.29 is 29.0 Å². The van der Waals surface area contributed by atoms with E-state index in [1.54, 1.807) is 45.0 Å². The van der Waals surface area contributed by atoms with Crippen LogP contribution in [0.5, 0.6) is 0 Å². The highest BCUT2D eigenvalue weighted by Gasteiger charge is 2.64. The highest BCUT2D eigenvalue weighted by atomic mass is 32.2. The molecule has 1 aromatic carbocycles. The van der Waals surface area contributed by atoms with Crippen LogP contribution in [0.2, 0.25) is 0 Å². The molecule has 4 atom stereocenters. The van der Waals surface area contributed by atoms with Crippen LogP contribution in [0.1, 0.15) is 32.4 Å². The first-order valence-corrected chi connectivity index (χ1v) is 10.6. The number of rotatable bonds is 7. The van der Waals surface area contributed by atoms with Gasteiger partial charge >= 0.3 is 11.9 Å². The number of benzene rings is 1. The van der Waals surface area contributed by atoms with E-state index in [0.29, 0.717) is 11.3 Å². The molecule has 0 saturated carbocycles. The maximum atomic E-state index is 13.1. The number of carbonyl (C=O) groups is 4. The van der Waals surface area contributed by atoms with Gasteiger partial charge in [-0.15, -0.1) is 11.8 Å². The number of hydrogen-bond acceptors (Lipinski definition) is 7. The van der Waals surface area contributed by atoms with Crippen molar-refractivity contribution in [1.82, 2.24) is 15.5 Å². The molecule has 3 rings (SSSR count). The quantitative estimate of drug-likeness (QED) is 0.322. The highest BCUT2D eigenvalue weighted by molar-refractivity contribution is 8.01. The molecular weight excluding hydrogens is 422 g/mol. The number of allylic oxidation sites excluding steroid dienone is 1. The lowest BCUT2D eigenvalue weighted by Crippen LogP contribution is -2.71. The van der Waals surface area contributed by atoms with E-state index in [1.165, 1.54) is 29.8 Å². The molecule has 0 aromatic heterocycles. The Morgan fingerprint density at radius 3 is 2.48 bits per heavy atom. The molecule has 2 aliphatic heterocycles. The molecule has 31 heavy (non-hydrogen) atoms. The first-order chi connectivity index (χ1) is 14.6. The van der Waals surface area contributed by atoms with Crippen LogP contribution < -0.4 is 10.6 Å². The van der Waals surface area contributed by atoms with Gasteiger partial charge in [0.25, 0.3) is 0 Å². The van der Waals surface area contributed by atoms with Crippen molar-refractivity contribution in [1.29, 1.82) is 0 Å². The van der Waals surface area contributed by atoms with E-state index in [9.17, 15) is 24.3 Å². The largest absolute Gasteiger partial charge is 0.480 e. The van der Waals surface area contributed by atoms with Crippen molar-refractivity contribution >= 4 is 35.5 Å². The van der Waals surface area contributed by atoms with Gasteiger partial charge in [0.15, 0.2) is 0 Å². The Morgan fingerprint density at radius 2 is 1.90 bits per heavy atom. The Labute approximate surface area is 184 Å². The SMILES string of the molecule is COC(=O)/C=C(/C)NC(C(=O)N[C@@H]1C(=O)N2[C@@H]1SC(C)(C)[C@@H]2C(=O)O)c1ccccc1. The molecule has 2 saturated heterocycles. The number of methoxy groups -OCH3 is 1. The minimum absolute atomic E-state index is 0.416. The third-order valence-electron chi connectivity index (χ3n) is 5.28. The molecule has 1 aromatic rings. The number of β-lactam (4-membered cyclic amide) rings is 1. The average Bonchev–Trinajstić information content (AvgIpc) is 2.98. The average molecular weight is 448 g/mol. The lowest BCUT2D eigenvalue weighted by Gasteiger charge is -2.44. The van der Waals surface area contributed by atoms with E-state index < -0.39 is 52.0 Å². The zero-order chi connectivity index (χ0) is 22.9. The maximum Gasteiger partial charge on any atom is 0.332 e. The first-order valence-electron chi connectivity index (χ1n) is 9.67. The van der Waals surface area contributed by atoms with Gasteiger partial charge in [-0.2, -0.15) is 0 Å². The zero-order valence-electron chi connectivity index (χ0n) is 17.6. The van der Waals surface area contributed by atoms with Gasteiger partial charge in [0.2, 0.25) is 11.8 Å². The third-order valence-corrected chi connectivity index (χ3v) is 6.85. The summed E-state index contributed by atoms with van der Waals surface area (Å²) in [6.07, 6.45) is 1.23. The van der Waals surface area contributed by atoms with Crippen molar-refractivity contribution in [2.24, 2.45) is 0 Å². The van der Waals surface area contributed by atoms with Crippen molar-refractivity contribution in [3.05, 3.63) is 47.7 Å². The second-order valence-electron chi connectivity index (χ2n) is 7.92. The lowest BCUT2D eigenvalue weighted by atomic mass is 9.95. The monoisotopic (exact) mass is 447 g/mol. The number of aliphatic carboxylic acids is 1. The van der Waals surface area contributed by atoms with Crippen LogP contribution in [0.3, 0.4) is 0 Å². The molecular formula is C21H25N3O6S. The summed E-state index contributed by atoms with van der Waals surface area (Å²) in [5, 5.41) is 14.8. The molecule has 0 spiro atoms. The number of fused-ring (bicyclic) bond motifs is 1. The Morgan fingerprint density at radius 1 is 1.26 bits per heavy atom. The third kappa shape index (κ3) is 4.39. The minimum atomic E-state index is -1.06. The minimum Gasteiger partial charge on any atom is -0.480 e. The maximum absolute atomic E-state index is 13.1. The number of carboxylic acids is 1. The van der Waals surface area contributed by atoms with E-state index in [-0.39, 0.29) is 0 Å². The van der Waals surface area contributed by atoms with Crippen LogP contribution in [-0.4, -0.2) is 63.1 Å². The molecule has 0 aliphatic carbocycles. The molecule has 9 nitrogen and oxygen atoms in total. The predicted octanol–water partition coefficient (Wildman–Crippen LogP) is 1.03. The molecule has 2 amide bonds. The molecule has 0 bridgehead atoms. The number of nitrogens with zero attached hydrogens (tertiary/aromatic N) is 1. The number of esters is 1. The van der Waals surface area contributed by atoms with E-state index in [2.05, 4.69) is 15.4 Å². The van der Waals surface area contributed by atoms with Crippen LogP contribution >= 0.6 is 11.8 Å². The van der Waals surface area contributed by atoms with Crippen LogP contribution in [0, 0.1) is 0 Å². The van der Waals surface area contributed by atoms with Crippen molar-refractivity contribution in [3.63, 3.8) is 0 Å². The lowest BCUT2D eigenvalue weighted by molar-refractivity contribution is -0.161. The van der Waals surface area contributed by atoms with Gasteiger partial charge in [-0.05, 0) is 26.3 Å². The fourth-order valence-corrected chi connectivity index (χ4v) is 5.46. The van der Waals surface area contributed by atoms with Crippen LogP contribution in [0.25, 0.3) is 0 Å². The molecule has 10 heteroatoms. The molecule has 1 unspecified atom stereocenters. The Hall–Kier alpha value is -3.01. The Bertz CT molecular complexity index is 932. The Balaban J connectivity index is 1.79. The second-order valence-corrected chi connectivity index (χ2v) is 9.69. The molecule has 0 radical (unpaired) electrons. The van der Waals surface area contributed by atoms with E-state index in [4.69, 9.17) is 0 Å². The summed E-state index contributed by atoms with van der Waals surface area (Å²) in [4.78, 5) is 50.3. The number of nitrogens with one attached hydrogen (secondary N) is 2. The predicted molar refractivity (Wildman–Crippen MR) is 114 cm³/mol. The number of carbonyl (C=O) groups excluding carboxylic acids is 3. The fourth-order valence-electron chi connectivity index (χ4n) is 3.83. The Kier molecular flexibility index (Phi) is 6.30. The van der Waals surface area contributed by atoms with E-state index >= 15 is 0 Å². The topological polar surface area (TPSA) is 125 Å². The van der Waals surface area contributed by atoms with Gasteiger partial charge in [-0.25, -0.2) is 9.59 Å². The molecule has 2 aliphatic rings. The number of ether oxygens (including phenoxy) is 1. The molecule has 2 heterocycles. The molecule has 3 N–H and O–H groups in total. The van der Waals surface area contributed by atoms with Gasteiger partial charge in [-0.1, -0.05) is 30.3 Å². The number of carboxylic acid groups (broad SMARTS) is 1. The summed E-state index contributed by atoms with van der Waals surface area (Å²) in [7, 11) is 1.26. The van der Waals surface area contributed by atoms with Crippen molar-refractivity contribution in [2.45, 2.75) is 49.0 Å². The summed E-state index contributed by atoms with van der Waals surface area (Å²) in [6, 6.07) is 6.25. The smallest absolute Gasteiger partial charge is 0.332 e. The number of thioether (sulfide) groups is 1. The normalized spacial score (nSPS) is 25.2. The van der Waals surface area contributed by atoms with Gasteiger partial charge in [-0.3, -0.25) is 9.59 Å². The summed E-state index contributed by atoms with van der Waals surface area (Å²) < 4.78 is 3.94. The standard InChI is InChI=1S/C21H25N3O6S/c1-11(10-13(25)30-4)22-14(12-8-6-5-7-9-12)17(26)23-15-18(27)24-16(20(28)29)21(2,3)31-19(15)24/h5-10,14-16,19,22H,1-4H3,(H,23,26)(H,28,29)/b11-10-/t14?,15-,16+,19-/m1/s1. The number of hydrogen-bond donors (Lipinski definition) is 3. The van der Waals surface area contributed by atoms with Gasteiger partial charge in [0.1, 0.15) is 23.5 Å². The summed E-state index contributed by atoms with van der Waals surface area (Å²) in [6.45, 7) is 5.18. The summed E-state index contributed by atoms with van der Waals surface area (Å²) in [5.41, 5.74) is 1.06. The molecule has 166 valence electrons. The van der Waals surface area contributed by atoms with E-state index in [1.807, 2.05) is 6.07 Å². The summed E-state index contributed by atoms with van der Waals surface area (Å²) >= 11 is 1.36. The van der Waals surface area contributed by atoms with Crippen molar-refractivity contribution in [2.75, 3.05) is 7.11 Å². The van der Waals surface area contributed by atoms with Gasteiger partial charge < -0.3 is 25.4 Å². The van der Waals surface area contributed by atoms with Crippen LogP contribution in [-0.2, 0) is 23.9 Å². The fraction of sp³-hybridized carbons (Fsp3) is 0.429. The first kappa shape index (κ1) is 22.7. The van der Waals surface area contributed by atoms with Crippen LogP contribution in [0.4, 0.5) is 0 Å².